The minimum atomic E-state index is -3.64. The molecule has 0 saturated heterocycles. The van der Waals surface area contributed by atoms with Crippen molar-refractivity contribution < 1.29 is 8.42 Å². The van der Waals surface area contributed by atoms with Crippen molar-refractivity contribution in [1.82, 2.24) is 4.98 Å². The van der Waals surface area contributed by atoms with Crippen molar-refractivity contribution in [3.63, 3.8) is 0 Å². The van der Waals surface area contributed by atoms with E-state index in [-0.39, 0.29) is 15.7 Å². The fourth-order valence-corrected chi connectivity index (χ4v) is 3.32. The smallest absolute Gasteiger partial charge is 0.223 e. The molecule has 2 N–H and O–H groups in total. The molecule has 5 heteroatoms. The Balaban J connectivity index is 2.25. The molecule has 4 nitrogen and oxygen atoms in total. The number of nitrogen functional groups attached to an aromatic ring is 1. The second-order valence-corrected chi connectivity index (χ2v) is 6.28. The van der Waals surface area contributed by atoms with Crippen LogP contribution in [0.5, 0.6) is 0 Å². The van der Waals surface area contributed by atoms with Gasteiger partial charge in [0.15, 0.2) is 5.03 Å². The van der Waals surface area contributed by atoms with Crippen LogP contribution in [0.4, 0.5) is 5.82 Å². The molecule has 0 aliphatic rings. The highest BCUT2D eigenvalue weighted by Crippen LogP contribution is 2.25. The summed E-state index contributed by atoms with van der Waals surface area (Å²) in [5.74, 6) is 0.220. The number of hydrogen-bond donors (Lipinski definition) is 1. The van der Waals surface area contributed by atoms with Gasteiger partial charge in [-0.05, 0) is 23.6 Å². The fourth-order valence-electron chi connectivity index (χ4n) is 2.06. The van der Waals surface area contributed by atoms with E-state index < -0.39 is 9.84 Å². The molecule has 0 bridgehead atoms. The van der Waals surface area contributed by atoms with E-state index in [1.165, 1.54) is 0 Å². The Morgan fingerprint density at radius 1 is 0.900 bits per heavy atom. The topological polar surface area (TPSA) is 73.0 Å². The molecule has 0 spiro atoms. The van der Waals surface area contributed by atoms with Gasteiger partial charge in [0.1, 0.15) is 5.82 Å². The molecule has 1 heterocycles. The SMILES string of the molecule is Nc1nc(S(=O)(=O)c2ccccc2)cc2ccccc12. The molecule has 20 heavy (non-hydrogen) atoms. The van der Waals surface area contributed by atoms with Crippen molar-refractivity contribution in [2.75, 3.05) is 5.73 Å². The maximum atomic E-state index is 12.5. The Morgan fingerprint density at radius 3 is 2.30 bits per heavy atom. The Bertz CT molecular complexity index is 875. The van der Waals surface area contributed by atoms with Crippen LogP contribution < -0.4 is 5.73 Å². The number of fused-ring (bicyclic) bond motifs is 1. The van der Waals surface area contributed by atoms with Crippen molar-refractivity contribution in [3.05, 3.63) is 60.7 Å². The molecule has 0 amide bonds. The number of hydrogen-bond acceptors (Lipinski definition) is 4. The van der Waals surface area contributed by atoms with Gasteiger partial charge in [0.05, 0.1) is 4.90 Å². The summed E-state index contributed by atoms with van der Waals surface area (Å²) in [4.78, 5) is 4.25. The number of nitrogens with zero attached hydrogens (tertiary/aromatic N) is 1. The summed E-state index contributed by atoms with van der Waals surface area (Å²) in [6.07, 6.45) is 0. The quantitative estimate of drug-likeness (QED) is 0.785. The van der Waals surface area contributed by atoms with Crippen LogP contribution in [-0.4, -0.2) is 13.4 Å². The molecule has 2 aromatic carbocycles. The number of rotatable bonds is 2. The van der Waals surface area contributed by atoms with Gasteiger partial charge in [0.2, 0.25) is 9.84 Å². The maximum absolute atomic E-state index is 12.5. The lowest BCUT2D eigenvalue weighted by molar-refractivity contribution is 0.593. The molecule has 0 unspecified atom stereocenters. The molecule has 100 valence electrons. The van der Waals surface area contributed by atoms with Gasteiger partial charge in [0, 0.05) is 5.39 Å². The summed E-state index contributed by atoms with van der Waals surface area (Å²) in [6.45, 7) is 0. The minimum Gasteiger partial charge on any atom is -0.383 e. The van der Waals surface area contributed by atoms with E-state index >= 15 is 0 Å². The van der Waals surface area contributed by atoms with Crippen molar-refractivity contribution in [1.29, 1.82) is 0 Å². The zero-order chi connectivity index (χ0) is 14.2. The first-order valence-corrected chi connectivity index (χ1v) is 7.53. The highest BCUT2D eigenvalue weighted by Gasteiger charge is 2.20. The lowest BCUT2D eigenvalue weighted by Crippen LogP contribution is -2.06. The molecule has 3 rings (SSSR count). The van der Waals surface area contributed by atoms with Crippen molar-refractivity contribution >= 4 is 26.4 Å². The van der Waals surface area contributed by atoms with E-state index in [2.05, 4.69) is 4.98 Å². The zero-order valence-corrected chi connectivity index (χ0v) is 11.3. The van der Waals surface area contributed by atoms with Crippen LogP contribution in [0.1, 0.15) is 0 Å². The first kappa shape index (κ1) is 12.6. The molecule has 0 aliphatic carbocycles. The van der Waals surface area contributed by atoms with Crippen LogP contribution in [0.25, 0.3) is 10.8 Å². The number of sulfone groups is 1. The Kier molecular flexibility index (Phi) is 2.91. The first-order valence-electron chi connectivity index (χ1n) is 6.04. The van der Waals surface area contributed by atoms with Crippen molar-refractivity contribution in [3.8, 4) is 0 Å². The number of pyridine rings is 1. The molecule has 3 aromatic rings. The van der Waals surface area contributed by atoms with E-state index in [0.29, 0.717) is 0 Å². The molecule has 1 aromatic heterocycles. The monoisotopic (exact) mass is 284 g/mol. The van der Waals surface area contributed by atoms with Crippen LogP contribution in [0.15, 0.2) is 70.6 Å². The third-order valence-corrected chi connectivity index (χ3v) is 4.73. The van der Waals surface area contributed by atoms with E-state index in [1.807, 2.05) is 24.3 Å². The van der Waals surface area contributed by atoms with Crippen LogP contribution in [-0.2, 0) is 9.84 Å². The van der Waals surface area contributed by atoms with Crippen LogP contribution in [0, 0.1) is 0 Å². The number of aromatic nitrogens is 1. The Labute approximate surface area is 116 Å². The summed E-state index contributed by atoms with van der Waals surface area (Å²) in [5, 5.41) is 1.48. The molecular formula is C15H12N2O2S. The van der Waals surface area contributed by atoms with E-state index in [4.69, 9.17) is 5.73 Å². The van der Waals surface area contributed by atoms with Gasteiger partial charge in [-0.1, -0.05) is 42.5 Å². The summed E-state index contributed by atoms with van der Waals surface area (Å²) >= 11 is 0. The van der Waals surface area contributed by atoms with Crippen molar-refractivity contribution in [2.24, 2.45) is 0 Å². The fraction of sp³-hybridized carbons (Fsp3) is 0. The zero-order valence-electron chi connectivity index (χ0n) is 10.5. The molecule has 0 radical (unpaired) electrons. The van der Waals surface area contributed by atoms with Gasteiger partial charge in [-0.2, -0.15) is 0 Å². The van der Waals surface area contributed by atoms with Gasteiger partial charge >= 0.3 is 0 Å². The lowest BCUT2D eigenvalue weighted by Gasteiger charge is -2.07. The summed E-state index contributed by atoms with van der Waals surface area (Å²) in [6, 6.07) is 17.1. The summed E-state index contributed by atoms with van der Waals surface area (Å²) in [5.41, 5.74) is 5.86. The van der Waals surface area contributed by atoms with Gasteiger partial charge in [-0.25, -0.2) is 13.4 Å². The number of nitrogens with two attached hydrogens (primary N) is 1. The molecule has 0 fully saturated rings. The second kappa shape index (κ2) is 4.61. The van der Waals surface area contributed by atoms with Crippen LogP contribution >= 0.6 is 0 Å². The number of anilines is 1. The second-order valence-electron chi connectivity index (χ2n) is 4.38. The predicted octanol–water partition coefficient (Wildman–Crippen LogP) is 2.65. The Morgan fingerprint density at radius 2 is 1.55 bits per heavy atom. The molecular weight excluding hydrogens is 272 g/mol. The Hall–Kier alpha value is -2.40. The normalized spacial score (nSPS) is 11.6. The van der Waals surface area contributed by atoms with E-state index in [1.54, 1.807) is 36.4 Å². The highest BCUT2D eigenvalue weighted by atomic mass is 32.2. The molecule has 0 saturated carbocycles. The molecule has 0 aliphatic heterocycles. The minimum absolute atomic E-state index is 0.0279. The van der Waals surface area contributed by atoms with Crippen molar-refractivity contribution in [2.45, 2.75) is 9.92 Å². The first-order chi connectivity index (χ1) is 9.59. The van der Waals surface area contributed by atoms with Gasteiger partial charge in [0.25, 0.3) is 0 Å². The molecule has 0 atom stereocenters. The van der Waals surface area contributed by atoms with Crippen LogP contribution in [0.3, 0.4) is 0 Å². The van der Waals surface area contributed by atoms with E-state index in [9.17, 15) is 8.42 Å². The van der Waals surface area contributed by atoms with Gasteiger partial charge < -0.3 is 5.73 Å². The lowest BCUT2D eigenvalue weighted by atomic mass is 10.2. The number of benzene rings is 2. The largest absolute Gasteiger partial charge is 0.383 e. The maximum Gasteiger partial charge on any atom is 0.223 e. The van der Waals surface area contributed by atoms with E-state index in [0.717, 1.165) is 10.8 Å². The third-order valence-electron chi connectivity index (χ3n) is 3.08. The summed E-state index contributed by atoms with van der Waals surface area (Å²) < 4.78 is 25.0. The standard InChI is InChI=1S/C15H12N2O2S/c16-15-13-9-5-4-6-11(13)10-14(17-15)20(18,19)12-7-2-1-3-8-12/h1-10H,(H2,16,17). The predicted molar refractivity (Wildman–Crippen MR) is 78.0 cm³/mol. The third kappa shape index (κ3) is 2.02. The van der Waals surface area contributed by atoms with Gasteiger partial charge in [-0.15, -0.1) is 0 Å². The van der Waals surface area contributed by atoms with Gasteiger partial charge in [-0.3, -0.25) is 0 Å². The summed E-state index contributed by atoms with van der Waals surface area (Å²) in [7, 11) is -3.64. The highest BCUT2D eigenvalue weighted by molar-refractivity contribution is 7.91. The average Bonchev–Trinajstić information content (AvgIpc) is 2.48. The van der Waals surface area contributed by atoms with Crippen LogP contribution in [0.2, 0.25) is 0 Å². The average molecular weight is 284 g/mol.